The van der Waals surface area contributed by atoms with Gasteiger partial charge in [0, 0.05) is 16.3 Å². The smallest absolute Gasteiger partial charge is 0.236 e. The number of ether oxygens (including phenoxy) is 2. The molecule has 2 aliphatic heterocycles. The molecule has 180 valence electrons. The minimum Gasteiger partial charge on any atom is -0.493 e. The van der Waals surface area contributed by atoms with Gasteiger partial charge in [0.05, 0.1) is 18.8 Å². The van der Waals surface area contributed by atoms with Gasteiger partial charge >= 0.3 is 0 Å². The predicted octanol–water partition coefficient (Wildman–Crippen LogP) is 5.76. The van der Waals surface area contributed by atoms with Gasteiger partial charge in [0.1, 0.15) is 5.92 Å². The van der Waals surface area contributed by atoms with Crippen molar-refractivity contribution in [1.29, 1.82) is 0 Å². The molecule has 3 aromatic rings. The Hall–Kier alpha value is -3.29. The van der Waals surface area contributed by atoms with Crippen LogP contribution in [0.15, 0.2) is 60.7 Å². The van der Waals surface area contributed by atoms with E-state index in [1.807, 2.05) is 49.1 Å². The maximum Gasteiger partial charge on any atom is 0.236 e. The number of para-hydroxylation sites is 1. The lowest BCUT2D eigenvalue weighted by Gasteiger charge is -2.56. The second kappa shape index (κ2) is 8.73. The fourth-order valence-electron chi connectivity index (χ4n) is 5.03. The molecule has 2 aliphatic rings. The van der Waals surface area contributed by atoms with E-state index in [1.54, 1.807) is 31.4 Å². The van der Waals surface area contributed by atoms with E-state index in [9.17, 15) is 4.79 Å². The highest BCUT2D eigenvalue weighted by Crippen LogP contribution is 2.53. The molecule has 0 spiro atoms. The van der Waals surface area contributed by atoms with Gasteiger partial charge in [0.2, 0.25) is 5.91 Å². The second-order valence-corrected chi connectivity index (χ2v) is 9.81. The first-order valence-electron chi connectivity index (χ1n) is 11.3. The largest absolute Gasteiger partial charge is 0.493 e. The van der Waals surface area contributed by atoms with Crippen molar-refractivity contribution in [3.05, 3.63) is 82.4 Å². The van der Waals surface area contributed by atoms with Gasteiger partial charge in [-0.05, 0) is 80.5 Å². The fourth-order valence-corrected chi connectivity index (χ4v) is 5.56. The summed E-state index contributed by atoms with van der Waals surface area (Å²) >= 11 is 11.9. The van der Waals surface area contributed by atoms with Gasteiger partial charge in [-0.15, -0.1) is 0 Å². The van der Waals surface area contributed by atoms with E-state index in [4.69, 9.17) is 33.3 Å². The molecule has 2 heterocycles. The molecule has 3 aromatic carbocycles. The molecule has 3 atom stereocenters. The molecule has 1 saturated heterocycles. The number of methoxy groups -OCH3 is 1. The summed E-state index contributed by atoms with van der Waals surface area (Å²) < 4.78 is 12.3. The second-order valence-electron chi connectivity index (χ2n) is 8.99. The summed E-state index contributed by atoms with van der Waals surface area (Å²) in [5, 5.41) is 7.58. The highest BCUT2D eigenvalue weighted by Gasteiger charge is 2.59. The predicted molar refractivity (Wildman–Crippen MR) is 142 cm³/mol. The number of fused-ring (bicyclic) bond motifs is 4. The molecule has 0 saturated carbocycles. The van der Waals surface area contributed by atoms with Crippen LogP contribution in [0.4, 0.5) is 11.4 Å². The van der Waals surface area contributed by atoms with E-state index >= 15 is 0 Å². The van der Waals surface area contributed by atoms with E-state index in [0.29, 0.717) is 27.3 Å². The summed E-state index contributed by atoms with van der Waals surface area (Å²) in [6.07, 6.45) is 0. The van der Waals surface area contributed by atoms with Crippen LogP contribution >= 0.6 is 23.8 Å². The van der Waals surface area contributed by atoms with Crippen molar-refractivity contribution in [2.24, 2.45) is 5.92 Å². The molecule has 2 bridgehead atoms. The molecule has 1 amide bonds. The normalized spacial score (nSPS) is 22.5. The fraction of sp³-hybridized carbons (Fsp3) is 0.259. The molecule has 0 aromatic heterocycles. The molecule has 0 radical (unpaired) electrons. The van der Waals surface area contributed by atoms with E-state index in [2.05, 4.69) is 23.6 Å². The Morgan fingerprint density at radius 3 is 2.57 bits per heavy atom. The van der Waals surface area contributed by atoms with Crippen molar-refractivity contribution in [1.82, 2.24) is 5.32 Å². The number of nitrogens with zero attached hydrogens (tertiary/aromatic N) is 1. The number of thiocarbonyl (C=S) groups is 1. The van der Waals surface area contributed by atoms with Crippen LogP contribution < -0.4 is 25.0 Å². The average molecular weight is 508 g/mol. The molecule has 8 heteroatoms. The lowest BCUT2D eigenvalue weighted by Crippen LogP contribution is -2.72. The SMILES string of the molecule is COc1cccc2c1O[C@]1(C)[C@H](C(=O)Nc3ccc(Cl)cc3)[C@@H]2NC(=S)N1c1cccc(C)c1C. The molecule has 0 unspecified atom stereocenters. The van der Waals surface area contributed by atoms with Crippen molar-refractivity contribution >= 4 is 46.2 Å². The zero-order valence-corrected chi connectivity index (χ0v) is 21.5. The lowest BCUT2D eigenvalue weighted by atomic mass is 9.78. The highest BCUT2D eigenvalue weighted by molar-refractivity contribution is 7.80. The summed E-state index contributed by atoms with van der Waals surface area (Å²) in [6.45, 7) is 6.01. The van der Waals surface area contributed by atoms with Crippen LogP contribution in [0.2, 0.25) is 5.02 Å². The Morgan fingerprint density at radius 2 is 1.86 bits per heavy atom. The van der Waals surface area contributed by atoms with Crippen LogP contribution in [0.5, 0.6) is 11.5 Å². The first-order chi connectivity index (χ1) is 16.7. The van der Waals surface area contributed by atoms with E-state index < -0.39 is 17.7 Å². The van der Waals surface area contributed by atoms with Gasteiger partial charge < -0.3 is 20.1 Å². The first-order valence-corrected chi connectivity index (χ1v) is 12.1. The standard InChI is InChI=1S/C27H26ClN3O3S/c1-15-7-5-9-20(16(15)2)31-26(35)30-23-19-8-6-10-21(33-4)24(19)34-27(31,3)22(23)25(32)29-18-13-11-17(28)12-14-18/h5-14,22-23H,1-4H3,(H,29,32)(H,30,35)/t22-,23+,27+/m0/s1. The molecule has 35 heavy (non-hydrogen) atoms. The number of halogens is 1. The number of benzene rings is 3. The van der Waals surface area contributed by atoms with Gasteiger partial charge in [-0.1, -0.05) is 35.9 Å². The maximum atomic E-state index is 13.9. The minimum absolute atomic E-state index is 0.196. The lowest BCUT2D eigenvalue weighted by molar-refractivity contribution is -0.130. The third-order valence-electron chi connectivity index (χ3n) is 6.92. The molecular formula is C27H26ClN3O3S. The Labute approximate surface area is 215 Å². The Morgan fingerprint density at radius 1 is 1.14 bits per heavy atom. The molecule has 0 aliphatic carbocycles. The quantitative estimate of drug-likeness (QED) is 0.437. The van der Waals surface area contributed by atoms with E-state index in [0.717, 1.165) is 22.4 Å². The average Bonchev–Trinajstić information content (AvgIpc) is 2.82. The van der Waals surface area contributed by atoms with Crippen LogP contribution in [0.25, 0.3) is 0 Å². The highest BCUT2D eigenvalue weighted by atomic mass is 35.5. The van der Waals surface area contributed by atoms with Gasteiger partial charge in [0.15, 0.2) is 22.3 Å². The van der Waals surface area contributed by atoms with E-state index in [1.165, 1.54) is 0 Å². The topological polar surface area (TPSA) is 62.8 Å². The Balaban J connectivity index is 1.67. The number of hydrogen-bond donors (Lipinski definition) is 2. The number of anilines is 2. The molecular weight excluding hydrogens is 482 g/mol. The monoisotopic (exact) mass is 507 g/mol. The number of amides is 1. The van der Waals surface area contributed by atoms with E-state index in [-0.39, 0.29) is 5.91 Å². The summed E-state index contributed by atoms with van der Waals surface area (Å²) in [4.78, 5) is 15.8. The Kier molecular flexibility index (Phi) is 5.85. The number of nitrogens with one attached hydrogen (secondary N) is 2. The number of hydrogen-bond acceptors (Lipinski definition) is 4. The summed E-state index contributed by atoms with van der Waals surface area (Å²) in [6, 6.07) is 18.3. The third-order valence-corrected chi connectivity index (χ3v) is 7.47. The van der Waals surface area contributed by atoms with Gasteiger partial charge in [0.25, 0.3) is 0 Å². The zero-order valence-electron chi connectivity index (χ0n) is 19.9. The number of rotatable bonds is 4. The molecule has 1 fully saturated rings. The summed E-state index contributed by atoms with van der Waals surface area (Å²) in [5.74, 6) is 0.358. The third kappa shape index (κ3) is 3.79. The van der Waals surface area contributed by atoms with Crippen molar-refractivity contribution in [3.8, 4) is 11.5 Å². The number of carbonyl (C=O) groups excluding carboxylic acids is 1. The van der Waals surface area contributed by atoms with Gasteiger partial charge in [-0.2, -0.15) is 0 Å². The summed E-state index contributed by atoms with van der Waals surface area (Å²) in [7, 11) is 1.61. The van der Waals surface area contributed by atoms with Crippen LogP contribution in [-0.4, -0.2) is 23.9 Å². The zero-order chi connectivity index (χ0) is 24.9. The molecule has 6 nitrogen and oxygen atoms in total. The Bertz CT molecular complexity index is 1330. The first kappa shape index (κ1) is 23.5. The number of aryl methyl sites for hydroxylation is 1. The maximum absolute atomic E-state index is 13.9. The van der Waals surface area contributed by atoms with Crippen LogP contribution in [0.1, 0.15) is 29.7 Å². The van der Waals surface area contributed by atoms with Crippen LogP contribution in [0, 0.1) is 19.8 Å². The van der Waals surface area contributed by atoms with Crippen LogP contribution in [-0.2, 0) is 4.79 Å². The minimum atomic E-state index is -1.14. The molecule has 2 N–H and O–H groups in total. The summed E-state index contributed by atoms with van der Waals surface area (Å²) in [5.41, 5.74) is 3.39. The van der Waals surface area contributed by atoms with Crippen molar-refractivity contribution in [3.63, 3.8) is 0 Å². The van der Waals surface area contributed by atoms with Crippen molar-refractivity contribution < 1.29 is 14.3 Å². The van der Waals surface area contributed by atoms with Crippen LogP contribution in [0.3, 0.4) is 0 Å². The number of carbonyl (C=O) groups is 1. The van der Waals surface area contributed by atoms with Gasteiger partial charge in [-0.25, -0.2) is 0 Å². The molecule has 5 rings (SSSR count). The van der Waals surface area contributed by atoms with Crippen molar-refractivity contribution in [2.45, 2.75) is 32.5 Å². The van der Waals surface area contributed by atoms with Crippen molar-refractivity contribution in [2.75, 3.05) is 17.3 Å². The van der Waals surface area contributed by atoms with Gasteiger partial charge in [-0.3, -0.25) is 9.69 Å².